The molecule has 0 aliphatic carbocycles. The van der Waals surface area contributed by atoms with Gasteiger partial charge in [0, 0.05) is 50.0 Å². The molecule has 0 spiro atoms. The van der Waals surface area contributed by atoms with E-state index in [-0.39, 0.29) is 29.0 Å². The second kappa shape index (κ2) is 16.2. The lowest BCUT2D eigenvalue weighted by Gasteiger charge is -2.18. The summed E-state index contributed by atoms with van der Waals surface area (Å²) in [7, 11) is 4.94. The molecule has 1 atom stereocenters. The molecule has 44 heavy (non-hydrogen) atoms. The predicted octanol–water partition coefficient (Wildman–Crippen LogP) is 4.54. The van der Waals surface area contributed by atoms with Gasteiger partial charge in [-0.15, -0.1) is 0 Å². The van der Waals surface area contributed by atoms with Crippen molar-refractivity contribution in [1.29, 1.82) is 0 Å². The molecule has 0 fully saturated rings. The van der Waals surface area contributed by atoms with Crippen LogP contribution in [-0.4, -0.2) is 51.7 Å². The number of nitrogens with one attached hydrogen (secondary N) is 2. The van der Waals surface area contributed by atoms with Crippen molar-refractivity contribution < 1.29 is 28.3 Å². The van der Waals surface area contributed by atoms with Gasteiger partial charge < -0.3 is 25.1 Å². The first-order valence-electron chi connectivity index (χ1n) is 13.9. The SMILES string of the molecule is C=O.CC(C)CCNC(=O)c1cccn(C)c1=O.CN[C@@H](CC(=O)O)c1cc(-c2c(C)ccc3nn(C)cc23)cc(F)c1F. The van der Waals surface area contributed by atoms with Crippen LogP contribution in [0.15, 0.2) is 53.6 Å². The third-order valence-electron chi connectivity index (χ3n) is 6.84. The molecule has 0 aliphatic rings. The van der Waals surface area contributed by atoms with E-state index >= 15 is 0 Å². The van der Waals surface area contributed by atoms with E-state index in [1.54, 1.807) is 37.1 Å². The molecule has 4 aromatic rings. The van der Waals surface area contributed by atoms with Crippen LogP contribution >= 0.6 is 0 Å². The number of fused-ring (bicyclic) bond motifs is 1. The second-order valence-electron chi connectivity index (χ2n) is 10.6. The fourth-order valence-corrected chi connectivity index (χ4v) is 4.59. The van der Waals surface area contributed by atoms with Crippen molar-refractivity contribution >= 4 is 29.6 Å². The highest BCUT2D eigenvalue weighted by atomic mass is 19.2. The van der Waals surface area contributed by atoms with Crippen molar-refractivity contribution in [3.05, 3.63) is 87.5 Å². The number of nitrogens with zero attached hydrogens (tertiary/aromatic N) is 3. The van der Waals surface area contributed by atoms with Crippen molar-refractivity contribution in [2.24, 2.45) is 20.0 Å². The second-order valence-corrected chi connectivity index (χ2v) is 10.6. The Morgan fingerprint density at radius 3 is 2.41 bits per heavy atom. The summed E-state index contributed by atoms with van der Waals surface area (Å²) < 4.78 is 31.8. The van der Waals surface area contributed by atoms with Crippen molar-refractivity contribution in [3.63, 3.8) is 0 Å². The predicted molar refractivity (Wildman–Crippen MR) is 165 cm³/mol. The topological polar surface area (TPSA) is 135 Å². The third-order valence-corrected chi connectivity index (χ3v) is 6.84. The van der Waals surface area contributed by atoms with E-state index in [1.807, 2.05) is 32.0 Å². The molecule has 10 nitrogen and oxygen atoms in total. The molecule has 0 saturated carbocycles. The van der Waals surface area contributed by atoms with Gasteiger partial charge in [-0.05, 0) is 73.3 Å². The molecule has 0 saturated heterocycles. The summed E-state index contributed by atoms with van der Waals surface area (Å²) in [5, 5.41) is 19.7. The molecule has 4 rings (SSSR count). The highest BCUT2D eigenvalue weighted by molar-refractivity contribution is 5.96. The fourth-order valence-electron chi connectivity index (χ4n) is 4.59. The molecule has 0 unspecified atom stereocenters. The molecule has 0 bridgehead atoms. The maximum Gasteiger partial charge on any atom is 0.305 e. The van der Waals surface area contributed by atoms with Crippen LogP contribution in [0.1, 0.15) is 54.2 Å². The van der Waals surface area contributed by atoms with Gasteiger partial charge in [-0.3, -0.25) is 19.1 Å². The summed E-state index contributed by atoms with van der Waals surface area (Å²) in [5.41, 5.74) is 2.81. The summed E-state index contributed by atoms with van der Waals surface area (Å²) in [5.74, 6) is -2.89. The van der Waals surface area contributed by atoms with Gasteiger partial charge in [-0.25, -0.2) is 8.78 Å². The number of rotatable bonds is 9. The zero-order valence-corrected chi connectivity index (χ0v) is 25.8. The van der Waals surface area contributed by atoms with Crippen LogP contribution in [0.25, 0.3) is 22.0 Å². The number of aromatic nitrogens is 3. The lowest BCUT2D eigenvalue weighted by molar-refractivity contribution is -0.137. The Kier molecular flexibility index (Phi) is 13.1. The normalized spacial score (nSPS) is 11.3. The van der Waals surface area contributed by atoms with Crippen molar-refractivity contribution in [2.45, 2.75) is 39.7 Å². The minimum absolute atomic E-state index is 0.00908. The van der Waals surface area contributed by atoms with Crippen molar-refractivity contribution in [1.82, 2.24) is 25.0 Å². The van der Waals surface area contributed by atoms with Gasteiger partial charge in [0.1, 0.15) is 12.4 Å². The average Bonchev–Trinajstić information content (AvgIpc) is 3.35. The van der Waals surface area contributed by atoms with Gasteiger partial charge in [-0.2, -0.15) is 5.10 Å². The smallest absolute Gasteiger partial charge is 0.305 e. The first-order valence-corrected chi connectivity index (χ1v) is 13.9. The molecule has 2 aromatic heterocycles. The number of pyridine rings is 1. The summed E-state index contributed by atoms with van der Waals surface area (Å²) in [6.07, 6.45) is 4.02. The summed E-state index contributed by atoms with van der Waals surface area (Å²) >= 11 is 0. The molecule has 1 amide bonds. The molecular formula is C32H39F2N5O5. The lowest BCUT2D eigenvalue weighted by atomic mass is 9.93. The Labute approximate surface area is 254 Å². The number of aryl methyl sites for hydroxylation is 3. The summed E-state index contributed by atoms with van der Waals surface area (Å²) in [6, 6.07) is 8.80. The lowest BCUT2D eigenvalue weighted by Crippen LogP contribution is -2.32. The van der Waals surface area contributed by atoms with Gasteiger partial charge in [0.15, 0.2) is 11.6 Å². The highest BCUT2D eigenvalue weighted by Crippen LogP contribution is 2.35. The fraction of sp³-hybridized carbons (Fsp3) is 0.344. The van der Waals surface area contributed by atoms with Gasteiger partial charge in [0.2, 0.25) is 0 Å². The first-order chi connectivity index (χ1) is 20.8. The Hall–Kier alpha value is -4.71. The standard InChI is InChI=1S/C19H19F2N3O2.C12H18N2O2.CH2O/c1-10-4-5-15-13(9-24(3)23-15)18(10)11-6-12(19(21)14(20)7-11)16(22-2)8-17(25)26;1-9(2)6-7-13-11(15)10-5-4-8-14(3)12(10)16;1-2/h4-7,9,16,22H,8H2,1-3H3,(H,25,26);4-5,8-9H,6-7H2,1-3H3,(H,13,15);1H2/t16-;;/m0../s1. The van der Waals surface area contributed by atoms with Crippen LogP contribution in [0.3, 0.4) is 0 Å². The molecule has 3 N–H and O–H groups in total. The monoisotopic (exact) mass is 611 g/mol. The summed E-state index contributed by atoms with van der Waals surface area (Å²) in [6.45, 7) is 8.67. The van der Waals surface area contributed by atoms with Gasteiger partial charge in [0.05, 0.1) is 11.9 Å². The van der Waals surface area contributed by atoms with E-state index in [0.29, 0.717) is 18.0 Å². The third kappa shape index (κ3) is 8.90. The molecular weight excluding hydrogens is 572 g/mol. The van der Waals surface area contributed by atoms with Gasteiger partial charge >= 0.3 is 5.97 Å². The van der Waals surface area contributed by atoms with Gasteiger partial charge in [0.25, 0.3) is 11.5 Å². The Morgan fingerprint density at radius 2 is 1.80 bits per heavy atom. The molecule has 0 aliphatic heterocycles. The largest absolute Gasteiger partial charge is 0.481 e. The molecule has 0 radical (unpaired) electrons. The van der Waals surface area contributed by atoms with Crippen molar-refractivity contribution in [2.75, 3.05) is 13.6 Å². The van der Waals surface area contributed by atoms with E-state index in [1.165, 1.54) is 17.7 Å². The van der Waals surface area contributed by atoms with E-state index in [0.717, 1.165) is 34.5 Å². The van der Waals surface area contributed by atoms with Crippen molar-refractivity contribution in [3.8, 4) is 11.1 Å². The first kappa shape index (κ1) is 35.5. The number of carboxylic acids is 1. The number of carbonyl (C=O) groups excluding carboxylic acids is 2. The Bertz CT molecular complexity index is 1670. The number of aliphatic carboxylic acids is 1. The average molecular weight is 612 g/mol. The maximum atomic E-state index is 14.4. The Balaban J connectivity index is 0.000000323. The van der Waals surface area contributed by atoms with Crippen LogP contribution in [-0.2, 0) is 23.7 Å². The van der Waals surface area contributed by atoms with Crippen LogP contribution in [0.4, 0.5) is 8.78 Å². The number of halogens is 2. The van der Waals surface area contributed by atoms with Crippen LogP contribution in [0, 0.1) is 24.5 Å². The number of amides is 1. The molecule has 12 heteroatoms. The molecule has 2 aromatic carbocycles. The zero-order valence-electron chi connectivity index (χ0n) is 25.8. The molecule has 2 heterocycles. The minimum atomic E-state index is -1.10. The number of hydrogen-bond donors (Lipinski definition) is 3. The van der Waals surface area contributed by atoms with Crippen LogP contribution in [0.2, 0.25) is 0 Å². The Morgan fingerprint density at radius 1 is 1.11 bits per heavy atom. The number of hydrogen-bond acceptors (Lipinski definition) is 6. The highest BCUT2D eigenvalue weighted by Gasteiger charge is 2.22. The summed E-state index contributed by atoms with van der Waals surface area (Å²) in [4.78, 5) is 42.3. The quantitative estimate of drug-likeness (QED) is 0.253. The van der Waals surface area contributed by atoms with E-state index < -0.39 is 23.6 Å². The zero-order chi connectivity index (χ0) is 33.1. The number of benzene rings is 2. The number of carboxylic acid groups (broad SMARTS) is 1. The molecule has 236 valence electrons. The minimum Gasteiger partial charge on any atom is -0.481 e. The van der Waals surface area contributed by atoms with E-state index in [2.05, 4.69) is 29.6 Å². The van der Waals surface area contributed by atoms with Crippen LogP contribution in [0.5, 0.6) is 0 Å². The van der Waals surface area contributed by atoms with Crippen LogP contribution < -0.4 is 16.2 Å². The number of carbonyl (C=O) groups is 3. The maximum absolute atomic E-state index is 14.4. The van der Waals surface area contributed by atoms with E-state index in [9.17, 15) is 23.2 Å². The van der Waals surface area contributed by atoms with Gasteiger partial charge in [-0.1, -0.05) is 19.9 Å². The van der Waals surface area contributed by atoms with E-state index in [4.69, 9.17) is 9.90 Å².